The summed E-state index contributed by atoms with van der Waals surface area (Å²) in [5.74, 6) is 1.07. The fourth-order valence-corrected chi connectivity index (χ4v) is 3.85. The first kappa shape index (κ1) is 13.7. The molecule has 2 aliphatic heterocycles. The lowest BCUT2D eigenvalue weighted by atomic mass is 10.3. The maximum Gasteiger partial charge on any atom is 0.243 e. The van der Waals surface area contributed by atoms with Crippen molar-refractivity contribution in [3.05, 3.63) is 18.2 Å². The molecule has 20 heavy (non-hydrogen) atoms. The summed E-state index contributed by atoms with van der Waals surface area (Å²) < 4.78 is 42.9. The normalized spacial score (nSPS) is 23.6. The minimum atomic E-state index is -3.51. The van der Waals surface area contributed by atoms with Crippen molar-refractivity contribution in [2.24, 2.45) is 0 Å². The Morgan fingerprint density at radius 2 is 1.90 bits per heavy atom. The zero-order chi connectivity index (χ0) is 14.2. The molecule has 0 bridgehead atoms. The number of nitrogens with zero attached hydrogens (tertiary/aromatic N) is 1. The van der Waals surface area contributed by atoms with Gasteiger partial charge in [-0.1, -0.05) is 0 Å². The van der Waals surface area contributed by atoms with Gasteiger partial charge in [0.05, 0.1) is 17.6 Å². The number of hydrogen-bond acceptors (Lipinski definition) is 5. The molecule has 6 nitrogen and oxygen atoms in total. The number of benzene rings is 1. The van der Waals surface area contributed by atoms with Gasteiger partial charge in [0.25, 0.3) is 0 Å². The molecule has 110 valence electrons. The van der Waals surface area contributed by atoms with Gasteiger partial charge in [0, 0.05) is 19.2 Å². The minimum absolute atomic E-state index is 0.0873. The maximum atomic E-state index is 12.6. The van der Waals surface area contributed by atoms with Crippen molar-refractivity contribution in [3.63, 3.8) is 0 Å². The summed E-state index contributed by atoms with van der Waals surface area (Å²) in [7, 11) is -3.51. The molecule has 0 amide bonds. The monoisotopic (exact) mass is 299 g/mol. The summed E-state index contributed by atoms with van der Waals surface area (Å²) in [4.78, 5) is 0.232. The lowest BCUT2D eigenvalue weighted by Crippen LogP contribution is -2.44. The van der Waals surface area contributed by atoms with Crippen LogP contribution in [0.5, 0.6) is 11.5 Å². The topological polar surface area (TPSA) is 65.1 Å². The van der Waals surface area contributed by atoms with Crippen LogP contribution in [0.4, 0.5) is 0 Å². The van der Waals surface area contributed by atoms with Crippen LogP contribution in [0, 0.1) is 0 Å². The molecule has 1 atom stereocenters. The third-order valence-electron chi connectivity index (χ3n) is 3.36. The van der Waals surface area contributed by atoms with Crippen LogP contribution in [-0.4, -0.2) is 51.7 Å². The predicted molar refractivity (Wildman–Crippen MR) is 71.6 cm³/mol. The Labute approximate surface area is 118 Å². The van der Waals surface area contributed by atoms with Gasteiger partial charge < -0.3 is 14.2 Å². The van der Waals surface area contributed by atoms with Crippen LogP contribution >= 0.6 is 0 Å². The lowest BCUT2D eigenvalue weighted by Gasteiger charge is -2.30. The van der Waals surface area contributed by atoms with Gasteiger partial charge in [0.2, 0.25) is 10.0 Å². The number of morpholine rings is 1. The summed E-state index contributed by atoms with van der Waals surface area (Å²) in [5.41, 5.74) is 0. The average molecular weight is 299 g/mol. The van der Waals surface area contributed by atoms with Gasteiger partial charge in [0.1, 0.15) is 13.2 Å². The molecule has 0 saturated carbocycles. The molecular formula is C13H17NO5S. The summed E-state index contributed by atoms with van der Waals surface area (Å²) in [6.45, 7) is 3.96. The van der Waals surface area contributed by atoms with Crippen molar-refractivity contribution in [2.75, 3.05) is 32.9 Å². The summed E-state index contributed by atoms with van der Waals surface area (Å²) in [6, 6.07) is 4.73. The van der Waals surface area contributed by atoms with E-state index in [0.29, 0.717) is 44.4 Å². The highest BCUT2D eigenvalue weighted by atomic mass is 32.2. The zero-order valence-electron chi connectivity index (χ0n) is 11.2. The molecule has 0 N–H and O–H groups in total. The van der Waals surface area contributed by atoms with E-state index in [1.54, 1.807) is 12.1 Å². The fourth-order valence-electron chi connectivity index (χ4n) is 2.34. The number of rotatable bonds is 2. The highest BCUT2D eigenvalue weighted by Gasteiger charge is 2.30. The van der Waals surface area contributed by atoms with Crippen LogP contribution < -0.4 is 9.47 Å². The van der Waals surface area contributed by atoms with E-state index in [1.165, 1.54) is 10.4 Å². The van der Waals surface area contributed by atoms with E-state index in [0.717, 1.165) is 0 Å². The highest BCUT2D eigenvalue weighted by Crippen LogP contribution is 2.33. The van der Waals surface area contributed by atoms with E-state index in [1.807, 2.05) is 6.92 Å². The van der Waals surface area contributed by atoms with Crippen molar-refractivity contribution < 1.29 is 22.6 Å². The first-order valence-corrected chi connectivity index (χ1v) is 8.03. The van der Waals surface area contributed by atoms with Crippen LogP contribution in [0.2, 0.25) is 0 Å². The van der Waals surface area contributed by atoms with E-state index in [4.69, 9.17) is 14.2 Å². The van der Waals surface area contributed by atoms with Crippen LogP contribution in [0.25, 0.3) is 0 Å². The van der Waals surface area contributed by atoms with Crippen molar-refractivity contribution in [1.82, 2.24) is 4.31 Å². The molecule has 0 aromatic heterocycles. The third kappa shape index (κ3) is 2.48. The number of hydrogen-bond donors (Lipinski definition) is 0. The predicted octanol–water partition coefficient (Wildman–Crippen LogP) is 0.867. The molecule has 3 rings (SSSR count). The van der Waals surface area contributed by atoms with Crippen LogP contribution in [0.3, 0.4) is 0 Å². The fraction of sp³-hybridized carbons (Fsp3) is 0.538. The summed E-state index contributed by atoms with van der Waals surface area (Å²) >= 11 is 0. The summed E-state index contributed by atoms with van der Waals surface area (Å²) in [6.07, 6.45) is -0.0873. The second kappa shape index (κ2) is 5.23. The second-order valence-electron chi connectivity index (χ2n) is 4.85. The quantitative estimate of drug-likeness (QED) is 0.810. The smallest absolute Gasteiger partial charge is 0.243 e. The number of sulfonamides is 1. The van der Waals surface area contributed by atoms with Crippen molar-refractivity contribution >= 4 is 10.0 Å². The van der Waals surface area contributed by atoms with Crippen molar-refractivity contribution in [3.8, 4) is 11.5 Å². The first-order valence-electron chi connectivity index (χ1n) is 6.59. The lowest BCUT2D eigenvalue weighted by molar-refractivity contribution is 0.0102. The van der Waals surface area contributed by atoms with Crippen LogP contribution in [0.1, 0.15) is 6.92 Å². The highest BCUT2D eigenvalue weighted by molar-refractivity contribution is 7.89. The molecule has 0 unspecified atom stereocenters. The summed E-state index contributed by atoms with van der Waals surface area (Å²) in [5, 5.41) is 0. The van der Waals surface area contributed by atoms with Crippen LogP contribution in [-0.2, 0) is 14.8 Å². The van der Waals surface area contributed by atoms with E-state index < -0.39 is 10.0 Å². The van der Waals surface area contributed by atoms with Gasteiger partial charge in [-0.15, -0.1) is 0 Å². The van der Waals surface area contributed by atoms with E-state index in [2.05, 4.69) is 0 Å². The van der Waals surface area contributed by atoms with Gasteiger partial charge >= 0.3 is 0 Å². The Morgan fingerprint density at radius 1 is 1.15 bits per heavy atom. The van der Waals surface area contributed by atoms with Gasteiger partial charge in [-0.25, -0.2) is 8.42 Å². The first-order chi connectivity index (χ1) is 9.57. The number of ether oxygens (including phenoxy) is 3. The minimum Gasteiger partial charge on any atom is -0.486 e. The molecule has 0 aliphatic carbocycles. The van der Waals surface area contributed by atoms with E-state index in [9.17, 15) is 8.42 Å². The molecule has 2 aliphatic rings. The maximum absolute atomic E-state index is 12.6. The average Bonchev–Trinajstić information content (AvgIpc) is 2.46. The molecule has 1 aromatic carbocycles. The Bertz CT molecular complexity index is 601. The standard InChI is InChI=1S/C13H17NO5S/c1-10-9-14(4-5-17-10)20(15,16)11-2-3-12-13(8-11)19-7-6-18-12/h2-3,8,10H,4-7,9H2,1H3/t10-/m1/s1. The molecule has 7 heteroatoms. The van der Waals surface area contributed by atoms with Gasteiger partial charge in [-0.2, -0.15) is 4.31 Å². The Morgan fingerprint density at radius 3 is 2.65 bits per heavy atom. The molecule has 0 radical (unpaired) electrons. The molecule has 1 fully saturated rings. The Balaban J connectivity index is 1.90. The van der Waals surface area contributed by atoms with Crippen LogP contribution in [0.15, 0.2) is 23.1 Å². The van der Waals surface area contributed by atoms with Gasteiger partial charge in [-0.3, -0.25) is 0 Å². The molecule has 1 saturated heterocycles. The largest absolute Gasteiger partial charge is 0.486 e. The Hall–Kier alpha value is -1.31. The van der Waals surface area contributed by atoms with Gasteiger partial charge in [0.15, 0.2) is 11.5 Å². The number of fused-ring (bicyclic) bond motifs is 1. The zero-order valence-corrected chi connectivity index (χ0v) is 12.1. The van der Waals surface area contributed by atoms with Crippen molar-refractivity contribution in [2.45, 2.75) is 17.9 Å². The van der Waals surface area contributed by atoms with Crippen molar-refractivity contribution in [1.29, 1.82) is 0 Å². The third-order valence-corrected chi connectivity index (χ3v) is 5.22. The molecule has 2 heterocycles. The Kier molecular flexibility index (Phi) is 3.57. The molecule has 1 aromatic rings. The van der Waals surface area contributed by atoms with E-state index in [-0.39, 0.29) is 11.0 Å². The van der Waals surface area contributed by atoms with Gasteiger partial charge in [-0.05, 0) is 19.1 Å². The second-order valence-corrected chi connectivity index (χ2v) is 6.79. The molecular weight excluding hydrogens is 282 g/mol. The van der Waals surface area contributed by atoms with E-state index >= 15 is 0 Å². The SMILES string of the molecule is C[C@@H]1CN(S(=O)(=O)c2ccc3c(c2)OCCO3)CCO1. The molecule has 0 spiro atoms.